The third-order valence-electron chi connectivity index (χ3n) is 3.71. The number of hydrogen-bond donors (Lipinski definition) is 1. The van der Waals surface area contributed by atoms with Crippen molar-refractivity contribution < 1.29 is 4.74 Å². The zero-order valence-electron chi connectivity index (χ0n) is 11.4. The molecule has 2 aromatic rings. The van der Waals surface area contributed by atoms with E-state index in [0.717, 1.165) is 28.8 Å². The number of nitrogens with zero attached hydrogens (tertiary/aromatic N) is 2. The number of fused-ring (bicyclic) bond motifs is 1. The van der Waals surface area contributed by atoms with E-state index in [9.17, 15) is 0 Å². The zero-order valence-corrected chi connectivity index (χ0v) is 13.0. The Bertz CT molecular complexity index is 617. The fourth-order valence-corrected chi connectivity index (χ4v) is 3.09. The van der Waals surface area contributed by atoms with Gasteiger partial charge in [-0.3, -0.25) is 0 Å². The maximum atomic E-state index is 5.96. The normalized spacial score (nSPS) is 21.1. The second-order valence-corrected chi connectivity index (χ2v) is 6.04. The van der Waals surface area contributed by atoms with Gasteiger partial charge in [0.05, 0.1) is 12.7 Å². The molecule has 1 aliphatic rings. The van der Waals surface area contributed by atoms with Gasteiger partial charge in [-0.15, -0.1) is 0 Å². The van der Waals surface area contributed by atoms with Crippen LogP contribution in [-0.2, 0) is 4.74 Å². The van der Waals surface area contributed by atoms with Crippen molar-refractivity contribution in [2.24, 2.45) is 5.73 Å². The van der Waals surface area contributed by atoms with Crippen LogP contribution < -0.4 is 10.6 Å². The van der Waals surface area contributed by atoms with Crippen LogP contribution in [0.5, 0.6) is 0 Å². The second-order valence-electron chi connectivity index (χ2n) is 5.18. The van der Waals surface area contributed by atoms with Crippen LogP contribution in [0.15, 0.2) is 34.9 Å². The summed E-state index contributed by atoms with van der Waals surface area (Å²) in [5, 5.41) is 2.34. The Morgan fingerprint density at radius 1 is 1.40 bits per heavy atom. The number of hydrogen-bond acceptors (Lipinski definition) is 4. The van der Waals surface area contributed by atoms with Crippen molar-refractivity contribution in [1.82, 2.24) is 4.98 Å². The number of nitrogens with two attached hydrogens (primary N) is 1. The van der Waals surface area contributed by atoms with Crippen LogP contribution in [0.1, 0.15) is 6.92 Å². The average molecular weight is 336 g/mol. The molecule has 1 aromatic heterocycles. The van der Waals surface area contributed by atoms with Gasteiger partial charge in [-0.05, 0) is 19.1 Å². The molecule has 2 atom stereocenters. The fraction of sp³-hybridized carbons (Fsp3) is 0.400. The summed E-state index contributed by atoms with van der Waals surface area (Å²) >= 11 is 3.60. The quantitative estimate of drug-likeness (QED) is 0.916. The molecule has 0 bridgehead atoms. The molecule has 20 heavy (non-hydrogen) atoms. The fourth-order valence-electron chi connectivity index (χ4n) is 2.59. The predicted molar refractivity (Wildman–Crippen MR) is 85.0 cm³/mol. The number of aromatic nitrogens is 1. The Labute approximate surface area is 127 Å². The standard InChI is InChI=1S/C15H18BrN3O/c1-10(17)14-9-19(7-8-20-14)15-12-3-2-4-13(16)11(12)5-6-18-15/h2-6,10,14H,7-9,17H2,1H3. The van der Waals surface area contributed by atoms with E-state index in [1.807, 2.05) is 25.3 Å². The van der Waals surface area contributed by atoms with Crippen molar-refractivity contribution >= 4 is 32.5 Å². The Morgan fingerprint density at radius 3 is 3.05 bits per heavy atom. The first kappa shape index (κ1) is 13.8. The number of anilines is 1. The lowest BCUT2D eigenvalue weighted by Crippen LogP contribution is -2.49. The molecule has 2 N–H and O–H groups in total. The summed E-state index contributed by atoms with van der Waals surface area (Å²) in [6, 6.07) is 8.27. The monoisotopic (exact) mass is 335 g/mol. The molecule has 0 saturated carbocycles. The molecule has 1 aromatic carbocycles. The van der Waals surface area contributed by atoms with Crippen LogP contribution in [-0.4, -0.2) is 36.8 Å². The molecule has 0 spiro atoms. The van der Waals surface area contributed by atoms with Gasteiger partial charge in [0.15, 0.2) is 0 Å². The third kappa shape index (κ3) is 2.53. The molecule has 1 fully saturated rings. The molecule has 4 nitrogen and oxygen atoms in total. The van der Waals surface area contributed by atoms with Gasteiger partial charge < -0.3 is 15.4 Å². The Kier molecular flexibility index (Phi) is 3.92. The Hall–Kier alpha value is -1.17. The minimum Gasteiger partial charge on any atom is -0.373 e. The first-order valence-corrected chi connectivity index (χ1v) is 7.61. The van der Waals surface area contributed by atoms with Crippen LogP contribution in [0.3, 0.4) is 0 Å². The lowest BCUT2D eigenvalue weighted by Gasteiger charge is -2.36. The minimum absolute atomic E-state index is 0.0273. The van der Waals surface area contributed by atoms with E-state index in [2.05, 4.69) is 37.9 Å². The van der Waals surface area contributed by atoms with Gasteiger partial charge in [-0.25, -0.2) is 4.98 Å². The highest BCUT2D eigenvalue weighted by Crippen LogP contribution is 2.30. The van der Waals surface area contributed by atoms with E-state index >= 15 is 0 Å². The number of ether oxygens (including phenoxy) is 1. The van der Waals surface area contributed by atoms with Gasteiger partial charge in [0.1, 0.15) is 5.82 Å². The summed E-state index contributed by atoms with van der Waals surface area (Å²) in [4.78, 5) is 6.84. The van der Waals surface area contributed by atoms with E-state index in [1.165, 1.54) is 5.39 Å². The van der Waals surface area contributed by atoms with Crippen LogP contribution in [0.2, 0.25) is 0 Å². The first-order valence-electron chi connectivity index (χ1n) is 6.82. The van der Waals surface area contributed by atoms with E-state index in [0.29, 0.717) is 6.61 Å². The largest absolute Gasteiger partial charge is 0.373 e. The molecule has 0 aliphatic carbocycles. The maximum Gasteiger partial charge on any atom is 0.136 e. The summed E-state index contributed by atoms with van der Waals surface area (Å²) in [5.74, 6) is 1.01. The molecular weight excluding hydrogens is 318 g/mol. The maximum absolute atomic E-state index is 5.96. The lowest BCUT2D eigenvalue weighted by molar-refractivity contribution is 0.0274. The molecular formula is C15H18BrN3O. The van der Waals surface area contributed by atoms with Gasteiger partial charge in [0.2, 0.25) is 0 Å². The topological polar surface area (TPSA) is 51.4 Å². The first-order chi connectivity index (χ1) is 9.66. The van der Waals surface area contributed by atoms with Crippen molar-refractivity contribution in [3.63, 3.8) is 0 Å². The van der Waals surface area contributed by atoms with Crippen LogP contribution in [0.4, 0.5) is 5.82 Å². The Morgan fingerprint density at radius 2 is 2.25 bits per heavy atom. The molecule has 106 valence electrons. The van der Waals surface area contributed by atoms with E-state index in [4.69, 9.17) is 10.5 Å². The highest BCUT2D eigenvalue weighted by Gasteiger charge is 2.25. The lowest BCUT2D eigenvalue weighted by atomic mass is 10.1. The summed E-state index contributed by atoms with van der Waals surface area (Å²) in [7, 11) is 0. The summed E-state index contributed by atoms with van der Waals surface area (Å²) < 4.78 is 6.82. The van der Waals surface area contributed by atoms with E-state index < -0.39 is 0 Å². The molecule has 2 unspecified atom stereocenters. The number of morpholine rings is 1. The molecule has 0 amide bonds. The highest BCUT2D eigenvalue weighted by molar-refractivity contribution is 9.10. The van der Waals surface area contributed by atoms with Crippen LogP contribution >= 0.6 is 15.9 Å². The molecule has 1 saturated heterocycles. The Balaban J connectivity index is 2.00. The molecule has 0 radical (unpaired) electrons. The smallest absolute Gasteiger partial charge is 0.136 e. The average Bonchev–Trinajstić information content (AvgIpc) is 2.47. The van der Waals surface area contributed by atoms with Gasteiger partial charge >= 0.3 is 0 Å². The van der Waals surface area contributed by atoms with Crippen LogP contribution in [0.25, 0.3) is 10.8 Å². The van der Waals surface area contributed by atoms with Gasteiger partial charge in [-0.2, -0.15) is 0 Å². The predicted octanol–water partition coefficient (Wildman–Crippen LogP) is 2.55. The molecule has 5 heteroatoms. The third-order valence-corrected chi connectivity index (χ3v) is 4.40. The highest BCUT2D eigenvalue weighted by atomic mass is 79.9. The van der Waals surface area contributed by atoms with Gasteiger partial charge in [0.25, 0.3) is 0 Å². The van der Waals surface area contributed by atoms with Gasteiger partial charge in [-0.1, -0.05) is 28.1 Å². The minimum atomic E-state index is 0.0273. The molecule has 2 heterocycles. The summed E-state index contributed by atoms with van der Waals surface area (Å²) in [6.45, 7) is 4.32. The molecule has 3 rings (SSSR count). The zero-order chi connectivity index (χ0) is 14.1. The van der Waals surface area contributed by atoms with Crippen molar-refractivity contribution in [3.8, 4) is 0 Å². The SMILES string of the molecule is CC(N)C1CN(c2nccc3c(Br)cccc23)CCO1. The number of pyridine rings is 1. The van der Waals surface area contributed by atoms with Crippen molar-refractivity contribution in [3.05, 3.63) is 34.9 Å². The second kappa shape index (κ2) is 5.68. The van der Waals surface area contributed by atoms with Crippen LogP contribution in [0, 0.1) is 0 Å². The van der Waals surface area contributed by atoms with E-state index in [1.54, 1.807) is 0 Å². The number of rotatable bonds is 2. The number of benzene rings is 1. The van der Waals surface area contributed by atoms with E-state index in [-0.39, 0.29) is 12.1 Å². The summed E-state index contributed by atoms with van der Waals surface area (Å²) in [6.07, 6.45) is 1.92. The van der Waals surface area contributed by atoms with Crippen molar-refractivity contribution in [1.29, 1.82) is 0 Å². The van der Waals surface area contributed by atoms with Gasteiger partial charge in [0, 0.05) is 40.6 Å². The number of halogens is 1. The summed E-state index contributed by atoms with van der Waals surface area (Å²) in [5.41, 5.74) is 5.96. The molecule has 1 aliphatic heterocycles. The van der Waals surface area contributed by atoms with Crippen molar-refractivity contribution in [2.75, 3.05) is 24.6 Å². The van der Waals surface area contributed by atoms with Crippen molar-refractivity contribution in [2.45, 2.75) is 19.1 Å².